The molecular weight excluding hydrogens is 543 g/mol. The van der Waals surface area contributed by atoms with Gasteiger partial charge in [0.15, 0.2) is 17.6 Å². The van der Waals surface area contributed by atoms with E-state index in [0.717, 1.165) is 24.3 Å². The fourth-order valence-corrected chi connectivity index (χ4v) is 3.92. The lowest BCUT2D eigenvalue weighted by molar-refractivity contribution is -0.144. The van der Waals surface area contributed by atoms with Crippen LogP contribution in [0.15, 0.2) is 54.6 Å². The molecule has 0 spiro atoms. The molecule has 0 amide bonds. The predicted molar refractivity (Wildman–Crippen MR) is 150 cm³/mol. The van der Waals surface area contributed by atoms with E-state index >= 15 is 0 Å². The van der Waals surface area contributed by atoms with Gasteiger partial charge in [0, 0.05) is 5.02 Å². The maximum Gasteiger partial charge on any atom is 0.344 e. The minimum absolute atomic E-state index is 0.312. The summed E-state index contributed by atoms with van der Waals surface area (Å²) in [4.78, 5) is 10.7. The summed E-state index contributed by atoms with van der Waals surface area (Å²) in [7, 11) is 0. The molecule has 39 heavy (non-hydrogen) atoms. The van der Waals surface area contributed by atoms with E-state index in [1.54, 1.807) is 42.5 Å². The van der Waals surface area contributed by atoms with Gasteiger partial charge in [-0.2, -0.15) is 0 Å². The smallest absolute Gasteiger partial charge is 0.344 e. The van der Waals surface area contributed by atoms with Gasteiger partial charge in [0.05, 0.1) is 11.6 Å². The molecule has 0 saturated carbocycles. The Balaban J connectivity index is 0.000000218. The van der Waals surface area contributed by atoms with Crippen LogP contribution >= 0.6 is 23.2 Å². The van der Waals surface area contributed by atoms with Gasteiger partial charge in [-0.3, -0.25) is 0 Å². The van der Waals surface area contributed by atoms with Crippen LogP contribution in [0.25, 0.3) is 0 Å². The molecule has 0 radical (unpaired) electrons. The molecular formula is C30H30Cl2O7. The summed E-state index contributed by atoms with van der Waals surface area (Å²) in [6, 6.07) is 15.6. The maximum atomic E-state index is 10.7. The Hall–Kier alpha value is -3.57. The second kappa shape index (κ2) is 15.1. The van der Waals surface area contributed by atoms with Crippen molar-refractivity contribution in [3.63, 3.8) is 0 Å². The average molecular weight is 573 g/mol. The van der Waals surface area contributed by atoms with E-state index in [9.17, 15) is 4.79 Å². The van der Waals surface area contributed by atoms with Crippen LogP contribution in [0.1, 0.15) is 38.3 Å². The SMILES string of the molecule is CC#CCOCc1cc2c(cc1CCC)OCO2.CC(Oc1ccc(Oc2ccc(Cl)cc2Cl)cc1)C(=O)O. The lowest BCUT2D eigenvalue weighted by Crippen LogP contribution is -2.22. The number of rotatable bonds is 10. The van der Waals surface area contributed by atoms with Crippen LogP contribution in [0.3, 0.4) is 0 Å². The Labute approximate surface area is 238 Å². The summed E-state index contributed by atoms with van der Waals surface area (Å²) in [5.74, 6) is 7.82. The number of fused-ring (bicyclic) bond motifs is 1. The van der Waals surface area contributed by atoms with E-state index in [0.29, 0.717) is 47.3 Å². The van der Waals surface area contributed by atoms with Gasteiger partial charge < -0.3 is 28.8 Å². The number of benzene rings is 3. The first-order chi connectivity index (χ1) is 18.8. The van der Waals surface area contributed by atoms with E-state index in [1.165, 1.54) is 18.1 Å². The van der Waals surface area contributed by atoms with Gasteiger partial charge in [0.1, 0.15) is 23.9 Å². The molecule has 1 heterocycles. The number of hydrogen-bond acceptors (Lipinski definition) is 6. The van der Waals surface area contributed by atoms with Gasteiger partial charge in [0.2, 0.25) is 6.79 Å². The lowest BCUT2D eigenvalue weighted by atomic mass is 10.0. The average Bonchev–Trinajstić information content (AvgIpc) is 3.37. The summed E-state index contributed by atoms with van der Waals surface area (Å²) in [5.41, 5.74) is 2.44. The van der Waals surface area contributed by atoms with Crippen molar-refractivity contribution >= 4 is 29.2 Å². The van der Waals surface area contributed by atoms with Crippen molar-refractivity contribution in [2.24, 2.45) is 0 Å². The summed E-state index contributed by atoms with van der Waals surface area (Å²) in [5, 5.41) is 9.70. The third-order valence-electron chi connectivity index (χ3n) is 5.43. The van der Waals surface area contributed by atoms with E-state index in [4.69, 9.17) is 52.0 Å². The van der Waals surface area contributed by atoms with E-state index < -0.39 is 12.1 Å². The van der Waals surface area contributed by atoms with Crippen molar-refractivity contribution in [3.8, 4) is 40.6 Å². The second-order valence-corrected chi connectivity index (χ2v) is 9.23. The van der Waals surface area contributed by atoms with Crippen molar-refractivity contribution < 1.29 is 33.6 Å². The molecule has 1 N–H and O–H groups in total. The normalized spacial score (nSPS) is 11.9. The van der Waals surface area contributed by atoms with E-state index in [2.05, 4.69) is 24.8 Å². The number of carbonyl (C=O) groups is 1. The molecule has 0 aromatic heterocycles. The first-order valence-electron chi connectivity index (χ1n) is 12.3. The Morgan fingerprint density at radius 2 is 1.69 bits per heavy atom. The summed E-state index contributed by atoms with van der Waals surface area (Å²) in [6.07, 6.45) is 1.21. The predicted octanol–water partition coefficient (Wildman–Crippen LogP) is 7.55. The van der Waals surface area contributed by atoms with Gasteiger partial charge in [-0.25, -0.2) is 4.79 Å². The van der Waals surface area contributed by atoms with Gasteiger partial charge >= 0.3 is 5.97 Å². The van der Waals surface area contributed by atoms with E-state index in [-0.39, 0.29) is 0 Å². The van der Waals surface area contributed by atoms with Crippen LogP contribution in [0.5, 0.6) is 28.7 Å². The highest BCUT2D eigenvalue weighted by atomic mass is 35.5. The van der Waals surface area contributed by atoms with Crippen LogP contribution in [-0.4, -0.2) is 30.6 Å². The van der Waals surface area contributed by atoms with Crippen molar-refractivity contribution in [2.75, 3.05) is 13.4 Å². The van der Waals surface area contributed by atoms with Crippen LogP contribution in [0, 0.1) is 11.8 Å². The molecule has 0 bridgehead atoms. The van der Waals surface area contributed by atoms with Gasteiger partial charge in [-0.1, -0.05) is 42.5 Å². The Kier molecular flexibility index (Phi) is 11.6. The molecule has 206 valence electrons. The van der Waals surface area contributed by atoms with Crippen molar-refractivity contribution in [3.05, 3.63) is 75.8 Å². The quantitative estimate of drug-likeness (QED) is 0.198. The Morgan fingerprint density at radius 3 is 2.31 bits per heavy atom. The molecule has 1 aliphatic rings. The standard InChI is InChI=1S/C15H12Cl2O4.C15H18O3/c1-9(15(18)19)20-11-3-5-12(6-4-11)21-14-7-2-10(16)8-13(14)17;1-3-5-7-16-10-13-9-15-14(17-11-18-15)8-12(13)6-4-2/h2-9H,1H3,(H,18,19);8-9H,4,6-7,10-11H2,1-2H3. The van der Waals surface area contributed by atoms with Crippen LogP contribution in [0.2, 0.25) is 10.0 Å². The van der Waals surface area contributed by atoms with Crippen LogP contribution in [0.4, 0.5) is 0 Å². The maximum absolute atomic E-state index is 10.7. The second-order valence-electron chi connectivity index (χ2n) is 8.39. The molecule has 1 unspecified atom stereocenters. The van der Waals surface area contributed by atoms with Gasteiger partial charge in [0.25, 0.3) is 0 Å². The van der Waals surface area contributed by atoms with E-state index in [1.807, 2.05) is 13.0 Å². The van der Waals surface area contributed by atoms with Crippen molar-refractivity contribution in [1.82, 2.24) is 0 Å². The minimum Gasteiger partial charge on any atom is -0.479 e. The zero-order chi connectivity index (χ0) is 28.2. The molecule has 0 saturated heterocycles. The zero-order valence-electron chi connectivity index (χ0n) is 22.0. The summed E-state index contributed by atoms with van der Waals surface area (Å²) in [6.45, 7) is 6.79. The minimum atomic E-state index is -1.02. The van der Waals surface area contributed by atoms with Crippen LogP contribution in [-0.2, 0) is 22.6 Å². The zero-order valence-corrected chi connectivity index (χ0v) is 23.5. The van der Waals surface area contributed by atoms with Gasteiger partial charge in [-0.05, 0) is 86.0 Å². The number of halogens is 2. The third kappa shape index (κ3) is 9.29. The molecule has 3 aromatic carbocycles. The molecule has 7 nitrogen and oxygen atoms in total. The molecule has 0 fully saturated rings. The fraction of sp³-hybridized carbons (Fsp3) is 0.300. The number of ether oxygens (including phenoxy) is 5. The summed E-state index contributed by atoms with van der Waals surface area (Å²) < 4.78 is 27.2. The number of aliphatic carboxylic acids is 1. The largest absolute Gasteiger partial charge is 0.479 e. The fourth-order valence-electron chi connectivity index (χ4n) is 3.47. The first kappa shape index (κ1) is 30.0. The molecule has 9 heteroatoms. The van der Waals surface area contributed by atoms with Crippen molar-refractivity contribution in [1.29, 1.82) is 0 Å². The number of hydrogen-bond donors (Lipinski definition) is 1. The third-order valence-corrected chi connectivity index (χ3v) is 5.96. The molecule has 1 atom stereocenters. The Morgan fingerprint density at radius 1 is 1.03 bits per heavy atom. The number of aryl methyl sites for hydroxylation is 1. The lowest BCUT2D eigenvalue weighted by Gasteiger charge is -2.11. The first-order valence-corrected chi connectivity index (χ1v) is 13.1. The highest BCUT2D eigenvalue weighted by molar-refractivity contribution is 6.35. The molecule has 1 aliphatic heterocycles. The molecule has 0 aliphatic carbocycles. The Bertz CT molecular complexity index is 1310. The number of carboxylic acid groups (broad SMARTS) is 1. The molecule has 4 rings (SSSR count). The van der Waals surface area contributed by atoms with Gasteiger partial charge in [-0.15, -0.1) is 5.92 Å². The summed E-state index contributed by atoms with van der Waals surface area (Å²) >= 11 is 11.8. The highest BCUT2D eigenvalue weighted by Crippen LogP contribution is 2.35. The monoisotopic (exact) mass is 572 g/mol. The highest BCUT2D eigenvalue weighted by Gasteiger charge is 2.17. The molecule has 3 aromatic rings. The van der Waals surface area contributed by atoms with Crippen LogP contribution < -0.4 is 18.9 Å². The topological polar surface area (TPSA) is 83.5 Å². The van der Waals surface area contributed by atoms with Crippen molar-refractivity contribution in [2.45, 2.75) is 46.3 Å². The number of carboxylic acids is 1.